The van der Waals surface area contributed by atoms with Crippen molar-refractivity contribution in [2.45, 2.75) is 25.8 Å². The molecule has 0 spiro atoms. The molecule has 1 aliphatic heterocycles. The van der Waals surface area contributed by atoms with E-state index in [1.54, 1.807) is 0 Å². The smallest absolute Gasteiger partial charge is 0.0366 e. The lowest BCUT2D eigenvalue weighted by Crippen LogP contribution is -2.31. The Morgan fingerprint density at radius 1 is 1.25 bits per heavy atom. The number of hydrogen-bond donors (Lipinski definition) is 0. The van der Waals surface area contributed by atoms with Gasteiger partial charge in [0.25, 0.3) is 0 Å². The zero-order chi connectivity index (χ0) is 11.5. The molecule has 2 heteroatoms. The van der Waals surface area contributed by atoms with Crippen LogP contribution in [0.5, 0.6) is 0 Å². The van der Waals surface area contributed by atoms with E-state index < -0.39 is 0 Å². The van der Waals surface area contributed by atoms with Crippen LogP contribution in [-0.4, -0.2) is 38.1 Å². The normalized spacial score (nSPS) is 20.8. The molecule has 0 aliphatic carbocycles. The van der Waals surface area contributed by atoms with E-state index in [1.807, 2.05) is 0 Å². The molecular weight excluding hydrogens is 196 g/mol. The second kappa shape index (κ2) is 4.88. The Morgan fingerprint density at radius 2 is 1.94 bits per heavy atom. The predicted molar refractivity (Wildman–Crippen MR) is 70.1 cm³/mol. The summed E-state index contributed by atoms with van der Waals surface area (Å²) in [6.07, 6.45) is 2.41. The Morgan fingerprint density at radius 3 is 2.44 bits per heavy atom. The molecule has 0 saturated carbocycles. The lowest BCUT2D eigenvalue weighted by atomic mass is 10.1. The molecule has 1 fully saturated rings. The van der Waals surface area contributed by atoms with E-state index in [0.29, 0.717) is 6.04 Å². The Bertz CT molecular complexity index is 329. The van der Waals surface area contributed by atoms with Gasteiger partial charge in [0, 0.05) is 24.8 Å². The molecule has 2 nitrogen and oxygen atoms in total. The number of hydrogen-bond acceptors (Lipinski definition) is 2. The average Bonchev–Trinajstić information content (AvgIpc) is 2.78. The first-order valence-corrected chi connectivity index (χ1v) is 6.21. The summed E-state index contributed by atoms with van der Waals surface area (Å²) < 4.78 is 0. The molecule has 1 saturated heterocycles. The summed E-state index contributed by atoms with van der Waals surface area (Å²) in [5, 5.41) is 0. The standard InChI is InChI=1S/C14H22N2/c1-4-12-5-7-13(8-6-12)16-10-9-14(11-16)15(2)3/h5-8,14H,4,9-11H2,1-3H3/t14-/m1/s1. The van der Waals surface area contributed by atoms with Gasteiger partial charge < -0.3 is 9.80 Å². The lowest BCUT2D eigenvalue weighted by Gasteiger charge is -2.22. The Kier molecular flexibility index (Phi) is 3.49. The molecule has 2 rings (SSSR count). The molecule has 1 aliphatic rings. The highest BCUT2D eigenvalue weighted by Crippen LogP contribution is 2.22. The maximum atomic E-state index is 2.49. The van der Waals surface area contributed by atoms with Gasteiger partial charge in [-0.25, -0.2) is 0 Å². The third kappa shape index (κ3) is 2.38. The van der Waals surface area contributed by atoms with Gasteiger partial charge in [-0.1, -0.05) is 19.1 Å². The fourth-order valence-corrected chi connectivity index (χ4v) is 2.34. The summed E-state index contributed by atoms with van der Waals surface area (Å²) in [5.74, 6) is 0. The Labute approximate surface area is 98.9 Å². The van der Waals surface area contributed by atoms with Crippen molar-refractivity contribution in [1.29, 1.82) is 0 Å². The van der Waals surface area contributed by atoms with Crippen LogP contribution < -0.4 is 4.90 Å². The van der Waals surface area contributed by atoms with Gasteiger partial charge in [0.2, 0.25) is 0 Å². The minimum Gasteiger partial charge on any atom is -0.370 e. The first-order chi connectivity index (χ1) is 7.70. The largest absolute Gasteiger partial charge is 0.370 e. The fraction of sp³-hybridized carbons (Fsp3) is 0.571. The Hall–Kier alpha value is -1.02. The van der Waals surface area contributed by atoms with Gasteiger partial charge in [-0.15, -0.1) is 0 Å². The lowest BCUT2D eigenvalue weighted by molar-refractivity contribution is 0.315. The zero-order valence-electron chi connectivity index (χ0n) is 10.6. The van der Waals surface area contributed by atoms with Crippen molar-refractivity contribution in [3.05, 3.63) is 29.8 Å². The molecule has 0 radical (unpaired) electrons. The van der Waals surface area contributed by atoms with E-state index >= 15 is 0 Å². The van der Waals surface area contributed by atoms with Crippen LogP contribution in [0.1, 0.15) is 18.9 Å². The molecule has 1 heterocycles. The summed E-state index contributed by atoms with van der Waals surface area (Å²) in [5.41, 5.74) is 2.80. The fourth-order valence-electron chi connectivity index (χ4n) is 2.34. The summed E-state index contributed by atoms with van der Waals surface area (Å²) in [6, 6.07) is 9.73. The summed E-state index contributed by atoms with van der Waals surface area (Å²) in [4.78, 5) is 4.82. The number of rotatable bonds is 3. The zero-order valence-corrected chi connectivity index (χ0v) is 10.6. The summed E-state index contributed by atoms with van der Waals surface area (Å²) >= 11 is 0. The second-order valence-corrected chi connectivity index (χ2v) is 4.87. The van der Waals surface area contributed by atoms with Crippen LogP contribution in [0.3, 0.4) is 0 Å². The van der Waals surface area contributed by atoms with Crippen LogP contribution in [-0.2, 0) is 6.42 Å². The number of anilines is 1. The third-order valence-corrected chi connectivity index (χ3v) is 3.60. The van der Waals surface area contributed by atoms with E-state index in [0.717, 1.165) is 6.42 Å². The minimum atomic E-state index is 0.714. The van der Waals surface area contributed by atoms with Crippen LogP contribution >= 0.6 is 0 Å². The van der Waals surface area contributed by atoms with Crippen LogP contribution in [0.2, 0.25) is 0 Å². The molecule has 0 bridgehead atoms. The van der Waals surface area contributed by atoms with Crippen LogP contribution in [0.25, 0.3) is 0 Å². The maximum absolute atomic E-state index is 2.49. The van der Waals surface area contributed by atoms with E-state index in [-0.39, 0.29) is 0 Å². The van der Waals surface area contributed by atoms with Crippen molar-refractivity contribution >= 4 is 5.69 Å². The highest BCUT2D eigenvalue weighted by Gasteiger charge is 2.23. The van der Waals surface area contributed by atoms with Crippen molar-refractivity contribution in [3.8, 4) is 0 Å². The van der Waals surface area contributed by atoms with E-state index in [9.17, 15) is 0 Å². The molecule has 0 amide bonds. The monoisotopic (exact) mass is 218 g/mol. The van der Waals surface area contributed by atoms with Gasteiger partial charge in [-0.3, -0.25) is 0 Å². The van der Waals surface area contributed by atoms with Crippen molar-refractivity contribution in [2.75, 3.05) is 32.1 Å². The van der Waals surface area contributed by atoms with Crippen LogP contribution in [0.4, 0.5) is 5.69 Å². The summed E-state index contributed by atoms with van der Waals surface area (Å²) in [6.45, 7) is 4.56. The van der Waals surface area contributed by atoms with Gasteiger partial charge in [0.1, 0.15) is 0 Å². The van der Waals surface area contributed by atoms with Crippen molar-refractivity contribution in [2.24, 2.45) is 0 Å². The third-order valence-electron chi connectivity index (χ3n) is 3.60. The quantitative estimate of drug-likeness (QED) is 0.768. The van der Waals surface area contributed by atoms with Gasteiger partial charge >= 0.3 is 0 Å². The van der Waals surface area contributed by atoms with Gasteiger partial charge in [-0.2, -0.15) is 0 Å². The van der Waals surface area contributed by atoms with Crippen molar-refractivity contribution in [3.63, 3.8) is 0 Å². The van der Waals surface area contributed by atoms with Crippen LogP contribution in [0.15, 0.2) is 24.3 Å². The highest BCUT2D eigenvalue weighted by molar-refractivity contribution is 5.48. The highest BCUT2D eigenvalue weighted by atomic mass is 15.2. The molecule has 0 aromatic heterocycles. The van der Waals surface area contributed by atoms with E-state index in [1.165, 1.54) is 30.8 Å². The molecular formula is C14H22N2. The first kappa shape index (κ1) is 11.5. The number of likely N-dealkylation sites (N-methyl/N-ethyl adjacent to an activating group) is 1. The molecule has 1 aromatic rings. The van der Waals surface area contributed by atoms with Crippen molar-refractivity contribution in [1.82, 2.24) is 4.90 Å². The number of aryl methyl sites for hydroxylation is 1. The second-order valence-electron chi connectivity index (χ2n) is 4.87. The molecule has 88 valence electrons. The first-order valence-electron chi connectivity index (χ1n) is 6.21. The molecule has 1 aromatic carbocycles. The van der Waals surface area contributed by atoms with Crippen LogP contribution in [0, 0.1) is 0 Å². The topological polar surface area (TPSA) is 6.48 Å². The minimum absolute atomic E-state index is 0.714. The maximum Gasteiger partial charge on any atom is 0.0366 e. The van der Waals surface area contributed by atoms with Gasteiger partial charge in [-0.05, 0) is 44.6 Å². The number of benzene rings is 1. The Balaban J connectivity index is 2.03. The number of nitrogens with zero attached hydrogens (tertiary/aromatic N) is 2. The SMILES string of the molecule is CCc1ccc(N2CC[C@@H](N(C)C)C2)cc1. The van der Waals surface area contributed by atoms with E-state index in [2.05, 4.69) is 55.1 Å². The van der Waals surface area contributed by atoms with Gasteiger partial charge in [0.05, 0.1) is 0 Å². The molecule has 0 unspecified atom stereocenters. The van der Waals surface area contributed by atoms with E-state index in [4.69, 9.17) is 0 Å². The molecule has 1 atom stereocenters. The summed E-state index contributed by atoms with van der Waals surface area (Å²) in [7, 11) is 4.35. The van der Waals surface area contributed by atoms with Gasteiger partial charge in [0.15, 0.2) is 0 Å². The predicted octanol–water partition coefficient (Wildman–Crippen LogP) is 2.39. The van der Waals surface area contributed by atoms with Crippen molar-refractivity contribution < 1.29 is 0 Å². The molecule has 0 N–H and O–H groups in total. The molecule has 16 heavy (non-hydrogen) atoms. The average molecular weight is 218 g/mol.